The van der Waals surface area contributed by atoms with Crippen LogP contribution in [-0.4, -0.2) is 43.7 Å². The van der Waals surface area contributed by atoms with Crippen LogP contribution in [0.3, 0.4) is 0 Å². The fraction of sp³-hybridized carbons (Fsp3) is 0.364. The normalized spacial score (nSPS) is 12.2. The molecular formula is C33H42Cl2N8O4S2. The van der Waals surface area contributed by atoms with Gasteiger partial charge in [0.25, 0.3) is 0 Å². The number of ether oxygens (including phenoxy) is 1. The summed E-state index contributed by atoms with van der Waals surface area (Å²) >= 11 is 3.31. The molecule has 6 rings (SSSR count). The first-order valence-corrected chi connectivity index (χ1v) is 16.9. The second-order valence-corrected chi connectivity index (χ2v) is 14.4. The van der Waals surface area contributed by atoms with E-state index in [4.69, 9.17) is 19.3 Å². The number of halogens is 2. The van der Waals surface area contributed by atoms with Crippen molar-refractivity contribution < 1.29 is 18.4 Å². The smallest absolute Gasteiger partial charge is 0.407 e. The first-order valence-electron chi connectivity index (χ1n) is 15.3. The Hall–Kier alpha value is -3.95. The molecular weight excluding hydrogens is 707 g/mol. The fourth-order valence-corrected chi connectivity index (χ4v) is 7.03. The monoisotopic (exact) mass is 748 g/mol. The van der Waals surface area contributed by atoms with Crippen molar-refractivity contribution in [3.05, 3.63) is 82.9 Å². The lowest BCUT2D eigenvalue weighted by Crippen LogP contribution is -2.38. The summed E-state index contributed by atoms with van der Waals surface area (Å²) in [5, 5.41) is 9.45. The minimum Gasteiger partial charge on any atom is -0.467 e. The Morgan fingerprint density at radius 2 is 1.33 bits per heavy atom. The Morgan fingerprint density at radius 1 is 0.837 bits per heavy atom. The third-order valence-electron chi connectivity index (χ3n) is 6.54. The zero-order chi connectivity index (χ0) is 33.4. The topological polar surface area (TPSA) is 166 Å². The van der Waals surface area contributed by atoms with Gasteiger partial charge in [-0.1, -0.05) is 0 Å². The molecule has 1 amide bonds. The zero-order valence-electron chi connectivity index (χ0n) is 27.9. The molecule has 6 aromatic heterocycles. The molecule has 0 bridgehead atoms. The molecule has 0 spiro atoms. The minimum atomic E-state index is -0.508. The van der Waals surface area contributed by atoms with Gasteiger partial charge in [-0.2, -0.15) is 0 Å². The van der Waals surface area contributed by atoms with E-state index in [2.05, 4.69) is 42.0 Å². The Morgan fingerprint density at radius 3 is 1.76 bits per heavy atom. The van der Waals surface area contributed by atoms with Crippen molar-refractivity contribution in [2.24, 2.45) is 5.73 Å². The number of carbonyl (C=O) groups excluding carboxylic acids is 1. The summed E-state index contributed by atoms with van der Waals surface area (Å²) in [4.78, 5) is 31.6. The van der Waals surface area contributed by atoms with Gasteiger partial charge in [-0.25, -0.2) is 24.7 Å². The molecule has 0 saturated heterocycles. The molecule has 5 N–H and O–H groups in total. The fourth-order valence-electron chi connectivity index (χ4n) is 4.61. The van der Waals surface area contributed by atoms with Gasteiger partial charge in [-0.15, -0.1) is 47.5 Å². The van der Waals surface area contributed by atoms with E-state index in [-0.39, 0.29) is 36.9 Å². The Bertz CT molecular complexity index is 1870. The molecule has 16 heteroatoms. The van der Waals surface area contributed by atoms with Crippen molar-refractivity contribution in [1.82, 2.24) is 25.3 Å². The molecule has 0 saturated carbocycles. The summed E-state index contributed by atoms with van der Waals surface area (Å²) in [6.45, 7) is 10.7. The predicted molar refractivity (Wildman–Crippen MR) is 201 cm³/mol. The van der Waals surface area contributed by atoms with Crippen molar-refractivity contribution in [2.45, 2.75) is 78.2 Å². The van der Waals surface area contributed by atoms with Crippen LogP contribution in [0.5, 0.6) is 0 Å². The summed E-state index contributed by atoms with van der Waals surface area (Å²) < 4.78 is 18.0. The van der Waals surface area contributed by atoms with Gasteiger partial charge < -0.3 is 35.3 Å². The molecule has 6 heterocycles. The molecule has 0 aliphatic heterocycles. The number of furan rings is 2. The summed E-state index contributed by atoms with van der Waals surface area (Å²) in [5.74, 6) is 3.34. The summed E-state index contributed by atoms with van der Waals surface area (Å²) in [6, 6.07) is 11.8. The van der Waals surface area contributed by atoms with Gasteiger partial charge in [-0.05, 0) is 77.4 Å². The van der Waals surface area contributed by atoms with E-state index < -0.39 is 11.7 Å². The molecule has 12 nitrogen and oxygen atoms in total. The van der Waals surface area contributed by atoms with Crippen LogP contribution in [0.15, 0.2) is 70.4 Å². The molecule has 0 fully saturated rings. The van der Waals surface area contributed by atoms with Gasteiger partial charge in [0, 0.05) is 28.3 Å². The third-order valence-corrected chi connectivity index (χ3v) is 8.85. The molecule has 0 aliphatic rings. The number of anilines is 2. The first-order chi connectivity index (χ1) is 22.5. The van der Waals surface area contributed by atoms with Crippen LogP contribution in [-0.2, 0) is 30.7 Å². The minimum absolute atomic E-state index is 0. The molecule has 6 aromatic rings. The lowest BCUT2D eigenvalue weighted by atomic mass is 10.2. The van der Waals surface area contributed by atoms with Crippen molar-refractivity contribution >= 4 is 85.6 Å². The van der Waals surface area contributed by atoms with Crippen LogP contribution in [0.25, 0.3) is 20.4 Å². The van der Waals surface area contributed by atoms with E-state index in [1.54, 1.807) is 47.9 Å². The summed E-state index contributed by atoms with van der Waals surface area (Å²) in [7, 11) is 0. The third kappa shape index (κ3) is 11.9. The number of rotatable bonds is 11. The quantitative estimate of drug-likeness (QED) is 0.101. The number of hydrogen-bond donors (Lipinski definition) is 4. The van der Waals surface area contributed by atoms with Crippen LogP contribution in [0, 0.1) is 0 Å². The highest BCUT2D eigenvalue weighted by Crippen LogP contribution is 2.31. The molecule has 0 unspecified atom stereocenters. The molecule has 49 heavy (non-hydrogen) atoms. The number of alkyl carbamates (subject to hydrolysis) is 1. The van der Waals surface area contributed by atoms with Gasteiger partial charge in [0.05, 0.1) is 46.0 Å². The average molecular weight is 750 g/mol. The number of carbonyl (C=O) groups is 1. The lowest BCUT2D eigenvalue weighted by Gasteiger charge is -2.21. The number of nitrogens with zero attached hydrogens (tertiary/aromatic N) is 4. The number of aromatic nitrogens is 4. The number of hydrogen-bond acceptors (Lipinski definition) is 13. The van der Waals surface area contributed by atoms with E-state index in [0.717, 1.165) is 54.9 Å². The van der Waals surface area contributed by atoms with E-state index >= 15 is 0 Å². The van der Waals surface area contributed by atoms with Crippen LogP contribution in [0.2, 0.25) is 0 Å². The maximum Gasteiger partial charge on any atom is 0.407 e. The number of nitrogens with one attached hydrogen (secondary N) is 3. The number of fused-ring (bicyclic) bond motifs is 2. The highest BCUT2D eigenvalue weighted by atomic mass is 35.5. The van der Waals surface area contributed by atoms with Gasteiger partial charge in [-0.3, -0.25) is 0 Å². The van der Waals surface area contributed by atoms with Gasteiger partial charge >= 0.3 is 6.09 Å². The van der Waals surface area contributed by atoms with Crippen molar-refractivity contribution in [3.63, 3.8) is 0 Å². The molecule has 264 valence electrons. The molecule has 0 radical (unpaired) electrons. The number of amides is 1. The van der Waals surface area contributed by atoms with Gasteiger partial charge in [0.15, 0.2) is 0 Å². The summed E-state index contributed by atoms with van der Waals surface area (Å²) in [5.41, 5.74) is 7.19. The highest BCUT2D eigenvalue weighted by molar-refractivity contribution is 7.20. The van der Waals surface area contributed by atoms with Crippen molar-refractivity contribution in [1.29, 1.82) is 0 Å². The second kappa shape index (κ2) is 18.2. The van der Waals surface area contributed by atoms with Crippen LogP contribution in [0.4, 0.5) is 16.4 Å². The Labute approximate surface area is 305 Å². The molecule has 0 aromatic carbocycles. The lowest BCUT2D eigenvalue weighted by molar-refractivity contribution is 0.0508. The first kappa shape index (κ1) is 39.5. The molecule has 0 aliphatic carbocycles. The van der Waals surface area contributed by atoms with Crippen molar-refractivity contribution in [2.75, 3.05) is 10.6 Å². The van der Waals surface area contributed by atoms with E-state index in [1.165, 1.54) is 4.88 Å². The zero-order valence-corrected chi connectivity index (χ0v) is 31.2. The Kier molecular flexibility index (Phi) is 14.6. The van der Waals surface area contributed by atoms with Gasteiger partial charge in [0.1, 0.15) is 41.4 Å². The van der Waals surface area contributed by atoms with E-state index in [0.29, 0.717) is 19.5 Å². The molecule has 2 atom stereocenters. The van der Waals surface area contributed by atoms with Crippen molar-refractivity contribution in [3.8, 4) is 0 Å². The van der Waals surface area contributed by atoms with Crippen LogP contribution in [0.1, 0.15) is 55.9 Å². The SMILES string of the molecule is C[C@@H](Cc1cc2ncnc(NCc3ccco3)c2s1)NC(=O)OC(C)(C)C.C[C@H](N)Cc1cc2ncnc(NCc3ccco3)c2s1.Cl.Cl. The number of thiophene rings is 2. The average Bonchev–Trinajstić information content (AvgIpc) is 3.81. The second-order valence-electron chi connectivity index (χ2n) is 12.1. The maximum atomic E-state index is 11.9. The number of nitrogens with two attached hydrogens (primary N) is 1. The maximum absolute atomic E-state index is 11.9. The van der Waals surface area contributed by atoms with E-state index in [1.807, 2.05) is 65.0 Å². The summed E-state index contributed by atoms with van der Waals surface area (Å²) in [6.07, 6.45) is 7.58. The van der Waals surface area contributed by atoms with Crippen LogP contribution >= 0.6 is 47.5 Å². The predicted octanol–water partition coefficient (Wildman–Crippen LogP) is 7.98. The van der Waals surface area contributed by atoms with E-state index in [9.17, 15) is 4.79 Å². The Balaban J connectivity index is 0.000000265. The largest absolute Gasteiger partial charge is 0.467 e. The highest BCUT2D eigenvalue weighted by Gasteiger charge is 2.19. The van der Waals surface area contributed by atoms with Crippen LogP contribution < -0.4 is 21.7 Å². The van der Waals surface area contributed by atoms with Gasteiger partial charge in [0.2, 0.25) is 0 Å². The standard InChI is InChI=1S/C19H24N4O3S.C14H16N4OS.2ClH/c1-12(23-18(24)26-19(2,3)4)8-14-9-15-16(27-14)17(22-11-21-15)20-10-13-6-5-7-25-13;1-9(15)5-11-6-12-13(20-11)14(18-8-17-12)16-7-10-3-2-4-19-10;;/h5-7,9,11-12H,8,10H2,1-4H3,(H,23,24)(H,20,21,22);2-4,6,8-9H,5,7,15H2,1H3,(H,16,17,18);2*1H/t12-;9-;;/m00../s1.